The molecule has 0 atom stereocenters. The van der Waals surface area contributed by atoms with Crippen LogP contribution >= 0.6 is 0 Å². The van der Waals surface area contributed by atoms with Crippen LogP contribution in [0.4, 0.5) is 5.69 Å². The van der Waals surface area contributed by atoms with Gasteiger partial charge in [0.05, 0.1) is 12.8 Å². The SMILES string of the molecule is COc1ccccc1NCC=C(C)CCC=C(C)C. The zero-order valence-corrected chi connectivity index (χ0v) is 12.5. The van der Waals surface area contributed by atoms with Crippen LogP contribution in [-0.4, -0.2) is 13.7 Å². The van der Waals surface area contributed by atoms with Gasteiger partial charge in [0, 0.05) is 6.54 Å². The van der Waals surface area contributed by atoms with E-state index >= 15 is 0 Å². The highest BCUT2D eigenvalue weighted by Gasteiger charge is 1.98. The number of benzene rings is 1. The monoisotopic (exact) mass is 259 g/mol. The van der Waals surface area contributed by atoms with Crippen LogP contribution in [0.5, 0.6) is 5.75 Å². The van der Waals surface area contributed by atoms with Crippen LogP contribution in [0, 0.1) is 0 Å². The van der Waals surface area contributed by atoms with E-state index in [9.17, 15) is 0 Å². The summed E-state index contributed by atoms with van der Waals surface area (Å²) in [6.45, 7) is 7.30. The number of nitrogens with one attached hydrogen (secondary N) is 1. The van der Waals surface area contributed by atoms with Gasteiger partial charge in [-0.05, 0) is 45.7 Å². The molecule has 0 aliphatic rings. The normalized spacial score (nSPS) is 11.1. The van der Waals surface area contributed by atoms with Gasteiger partial charge in [0.2, 0.25) is 0 Å². The summed E-state index contributed by atoms with van der Waals surface area (Å²) in [5, 5.41) is 3.38. The van der Waals surface area contributed by atoms with Gasteiger partial charge in [-0.1, -0.05) is 35.4 Å². The van der Waals surface area contributed by atoms with E-state index in [1.165, 1.54) is 11.1 Å². The average molecular weight is 259 g/mol. The molecule has 0 radical (unpaired) electrons. The minimum absolute atomic E-state index is 0.834. The summed E-state index contributed by atoms with van der Waals surface area (Å²) in [5.41, 5.74) is 3.85. The largest absolute Gasteiger partial charge is 0.495 e. The minimum atomic E-state index is 0.834. The number of anilines is 1. The molecule has 1 aromatic carbocycles. The Bertz CT molecular complexity index is 442. The van der Waals surface area contributed by atoms with Crippen molar-refractivity contribution in [1.29, 1.82) is 0 Å². The smallest absolute Gasteiger partial charge is 0.141 e. The zero-order valence-electron chi connectivity index (χ0n) is 12.5. The summed E-state index contributed by atoms with van der Waals surface area (Å²) >= 11 is 0. The Labute approximate surface area is 117 Å². The van der Waals surface area contributed by atoms with Crippen LogP contribution in [0.2, 0.25) is 0 Å². The molecule has 104 valence electrons. The lowest BCUT2D eigenvalue weighted by atomic mass is 10.1. The first-order valence-electron chi connectivity index (χ1n) is 6.79. The van der Waals surface area contributed by atoms with Crippen LogP contribution in [0.25, 0.3) is 0 Å². The fraction of sp³-hybridized carbons (Fsp3) is 0.412. The Morgan fingerprint density at radius 1 is 1.16 bits per heavy atom. The van der Waals surface area contributed by atoms with Crippen molar-refractivity contribution in [3.8, 4) is 5.75 Å². The van der Waals surface area contributed by atoms with Crippen LogP contribution in [0.15, 0.2) is 47.6 Å². The van der Waals surface area contributed by atoms with Crippen molar-refractivity contribution in [3.05, 3.63) is 47.6 Å². The molecular weight excluding hydrogens is 234 g/mol. The molecule has 0 bridgehead atoms. The van der Waals surface area contributed by atoms with E-state index in [-0.39, 0.29) is 0 Å². The third-order valence-electron chi connectivity index (χ3n) is 2.94. The number of ether oxygens (including phenoxy) is 1. The van der Waals surface area contributed by atoms with Crippen LogP contribution in [-0.2, 0) is 0 Å². The Hall–Kier alpha value is -1.70. The van der Waals surface area contributed by atoms with Crippen molar-refractivity contribution in [2.24, 2.45) is 0 Å². The van der Waals surface area contributed by atoms with Crippen molar-refractivity contribution >= 4 is 5.69 Å². The standard InChI is InChI=1S/C17H25NO/c1-14(2)8-7-9-15(3)12-13-18-16-10-5-6-11-17(16)19-4/h5-6,8,10-12,18H,7,9,13H2,1-4H3. The molecule has 1 aromatic rings. The van der Waals surface area contributed by atoms with Gasteiger partial charge in [-0.3, -0.25) is 0 Å². The third kappa shape index (κ3) is 6.14. The third-order valence-corrected chi connectivity index (χ3v) is 2.94. The summed E-state index contributed by atoms with van der Waals surface area (Å²) in [7, 11) is 1.70. The summed E-state index contributed by atoms with van der Waals surface area (Å²) in [5.74, 6) is 0.887. The molecule has 0 aliphatic heterocycles. The van der Waals surface area contributed by atoms with E-state index in [4.69, 9.17) is 4.74 Å². The molecule has 0 amide bonds. The fourth-order valence-electron chi connectivity index (χ4n) is 1.82. The molecule has 0 fully saturated rings. The molecular formula is C17H25NO. The molecule has 0 unspecified atom stereocenters. The Balaban J connectivity index is 2.42. The molecule has 0 saturated carbocycles. The first-order chi connectivity index (χ1) is 9.13. The summed E-state index contributed by atoms with van der Waals surface area (Å²) in [4.78, 5) is 0. The molecule has 0 spiro atoms. The quantitative estimate of drug-likeness (QED) is 0.710. The molecule has 1 N–H and O–H groups in total. The maximum Gasteiger partial charge on any atom is 0.141 e. The van der Waals surface area contributed by atoms with E-state index < -0.39 is 0 Å². The lowest BCUT2D eigenvalue weighted by Gasteiger charge is -2.09. The maximum absolute atomic E-state index is 5.30. The van der Waals surface area contributed by atoms with Crippen molar-refractivity contribution in [3.63, 3.8) is 0 Å². The number of para-hydroxylation sites is 2. The highest BCUT2D eigenvalue weighted by molar-refractivity contribution is 5.56. The zero-order chi connectivity index (χ0) is 14.1. The summed E-state index contributed by atoms with van der Waals surface area (Å²) in [6, 6.07) is 7.99. The highest BCUT2D eigenvalue weighted by Crippen LogP contribution is 2.22. The van der Waals surface area contributed by atoms with Gasteiger partial charge < -0.3 is 10.1 Å². The van der Waals surface area contributed by atoms with Gasteiger partial charge in [-0.25, -0.2) is 0 Å². The molecule has 1 rings (SSSR count). The lowest BCUT2D eigenvalue weighted by Crippen LogP contribution is -2.01. The molecule has 2 nitrogen and oxygen atoms in total. The number of methoxy groups -OCH3 is 1. The number of rotatable bonds is 7. The number of hydrogen-bond donors (Lipinski definition) is 1. The highest BCUT2D eigenvalue weighted by atomic mass is 16.5. The maximum atomic E-state index is 5.30. The van der Waals surface area contributed by atoms with Gasteiger partial charge in [-0.2, -0.15) is 0 Å². The molecule has 19 heavy (non-hydrogen) atoms. The van der Waals surface area contributed by atoms with E-state index in [1.807, 2.05) is 24.3 Å². The minimum Gasteiger partial charge on any atom is -0.495 e. The van der Waals surface area contributed by atoms with Crippen molar-refractivity contribution in [2.75, 3.05) is 19.0 Å². The molecule has 0 aliphatic carbocycles. The second-order valence-corrected chi connectivity index (χ2v) is 4.95. The summed E-state index contributed by atoms with van der Waals surface area (Å²) < 4.78 is 5.30. The first kappa shape index (κ1) is 15.4. The Kier molecular flexibility index (Phi) is 6.80. The predicted molar refractivity (Wildman–Crippen MR) is 83.9 cm³/mol. The Morgan fingerprint density at radius 3 is 2.58 bits per heavy atom. The van der Waals surface area contributed by atoms with Crippen LogP contribution in [0.1, 0.15) is 33.6 Å². The fourth-order valence-corrected chi connectivity index (χ4v) is 1.82. The molecule has 0 heterocycles. The van der Waals surface area contributed by atoms with Crippen LogP contribution < -0.4 is 10.1 Å². The lowest BCUT2D eigenvalue weighted by molar-refractivity contribution is 0.416. The summed E-state index contributed by atoms with van der Waals surface area (Å²) in [6.07, 6.45) is 6.77. The van der Waals surface area contributed by atoms with Gasteiger partial charge in [0.25, 0.3) is 0 Å². The van der Waals surface area contributed by atoms with Gasteiger partial charge >= 0.3 is 0 Å². The number of allylic oxidation sites excluding steroid dienone is 3. The first-order valence-corrected chi connectivity index (χ1v) is 6.79. The van der Waals surface area contributed by atoms with E-state index in [0.717, 1.165) is 30.8 Å². The van der Waals surface area contributed by atoms with E-state index in [2.05, 4.69) is 38.2 Å². The van der Waals surface area contributed by atoms with Crippen molar-refractivity contribution < 1.29 is 4.74 Å². The van der Waals surface area contributed by atoms with Gasteiger partial charge in [0.15, 0.2) is 0 Å². The number of hydrogen-bond acceptors (Lipinski definition) is 2. The van der Waals surface area contributed by atoms with E-state index in [1.54, 1.807) is 7.11 Å². The Morgan fingerprint density at radius 2 is 1.89 bits per heavy atom. The average Bonchev–Trinajstić information content (AvgIpc) is 2.39. The topological polar surface area (TPSA) is 21.3 Å². The van der Waals surface area contributed by atoms with Gasteiger partial charge in [0.1, 0.15) is 5.75 Å². The van der Waals surface area contributed by atoms with E-state index in [0.29, 0.717) is 0 Å². The predicted octanol–water partition coefficient (Wildman–Crippen LogP) is 4.80. The molecule has 0 saturated heterocycles. The van der Waals surface area contributed by atoms with Crippen molar-refractivity contribution in [1.82, 2.24) is 0 Å². The molecule has 0 aromatic heterocycles. The van der Waals surface area contributed by atoms with Crippen LogP contribution in [0.3, 0.4) is 0 Å². The van der Waals surface area contributed by atoms with Gasteiger partial charge in [-0.15, -0.1) is 0 Å². The second kappa shape index (κ2) is 8.41. The molecule has 2 heteroatoms. The second-order valence-electron chi connectivity index (χ2n) is 4.95. The van der Waals surface area contributed by atoms with Crippen molar-refractivity contribution in [2.45, 2.75) is 33.6 Å².